The number of pyridine rings is 2. The number of nitrogens with zero attached hydrogens (tertiary/aromatic N) is 5. The number of nitriles is 1. The second-order valence-electron chi connectivity index (χ2n) is 7.86. The summed E-state index contributed by atoms with van der Waals surface area (Å²) in [6, 6.07) is 11.8. The zero-order valence-electron chi connectivity index (χ0n) is 19.6. The molecule has 0 unspecified atom stereocenters. The van der Waals surface area contributed by atoms with E-state index in [0.29, 0.717) is 29.7 Å². The third-order valence-electron chi connectivity index (χ3n) is 5.45. The summed E-state index contributed by atoms with van der Waals surface area (Å²) in [5.74, 6) is -0.0824. The van der Waals surface area contributed by atoms with Crippen molar-refractivity contribution in [3.63, 3.8) is 0 Å². The van der Waals surface area contributed by atoms with Crippen LogP contribution in [0.4, 0.5) is 5.69 Å². The zero-order valence-corrected chi connectivity index (χ0v) is 19.6. The molecule has 3 aromatic rings. The first-order valence-electron chi connectivity index (χ1n) is 11.5. The molecule has 0 saturated heterocycles. The number of carbonyl (C=O) groups is 1. The van der Waals surface area contributed by atoms with Crippen LogP contribution in [0.15, 0.2) is 64.6 Å². The Morgan fingerprint density at radius 2 is 1.91 bits per heavy atom. The maximum absolute atomic E-state index is 12.4. The number of hydrogen-bond acceptors (Lipinski definition) is 6. The summed E-state index contributed by atoms with van der Waals surface area (Å²) in [5, 5.41) is 25.6. The Labute approximate surface area is 203 Å². The summed E-state index contributed by atoms with van der Waals surface area (Å²) in [7, 11) is 0. The van der Waals surface area contributed by atoms with Gasteiger partial charge < -0.3 is 9.88 Å². The molecule has 1 amide bonds. The number of guanidine groups is 1. The molecule has 0 saturated carbocycles. The van der Waals surface area contributed by atoms with Crippen LogP contribution in [0.1, 0.15) is 43.0 Å². The number of hydrogen-bond donors (Lipinski definition) is 3. The molecule has 2 heterocycles. The maximum Gasteiger partial charge on any atom is 0.277 e. The fraction of sp³-hybridized carbons (Fsp3) is 0.320. The number of hydroxylamine groups is 2. The number of amides is 1. The van der Waals surface area contributed by atoms with E-state index in [1.807, 2.05) is 6.19 Å². The predicted octanol–water partition coefficient (Wildman–Crippen LogP) is 3.35. The van der Waals surface area contributed by atoms with Gasteiger partial charge in [-0.05, 0) is 61.5 Å². The van der Waals surface area contributed by atoms with Crippen LogP contribution < -0.4 is 16.2 Å². The van der Waals surface area contributed by atoms with Gasteiger partial charge in [-0.2, -0.15) is 5.26 Å². The minimum absolute atomic E-state index is 0.0899. The molecule has 0 spiro atoms. The number of carbonyl (C=O) groups excluding carboxylic acids is 1. The monoisotopic (exact) mass is 475 g/mol. The van der Waals surface area contributed by atoms with Crippen molar-refractivity contribution in [2.24, 2.45) is 4.99 Å². The van der Waals surface area contributed by atoms with Crippen LogP contribution >= 0.6 is 0 Å². The molecule has 35 heavy (non-hydrogen) atoms. The van der Waals surface area contributed by atoms with Gasteiger partial charge in [0.1, 0.15) is 0 Å². The molecule has 0 aliphatic heterocycles. The van der Waals surface area contributed by atoms with Gasteiger partial charge >= 0.3 is 0 Å². The number of aryl methyl sites for hydroxylation is 1. The first kappa shape index (κ1) is 25.4. The first-order valence-corrected chi connectivity index (χ1v) is 11.5. The van der Waals surface area contributed by atoms with E-state index in [9.17, 15) is 14.8 Å². The topological polar surface area (TPSA) is 136 Å². The Kier molecular flexibility index (Phi) is 9.33. The number of anilines is 1. The van der Waals surface area contributed by atoms with Gasteiger partial charge in [0.05, 0.1) is 5.52 Å². The lowest BCUT2D eigenvalue weighted by Crippen LogP contribution is -2.27. The molecule has 3 N–H and O–H groups in total. The van der Waals surface area contributed by atoms with Crippen molar-refractivity contribution in [1.29, 1.82) is 5.26 Å². The van der Waals surface area contributed by atoms with Gasteiger partial charge in [0.2, 0.25) is 5.96 Å². The molecule has 182 valence electrons. The minimum Gasteiger partial charge on any atom is -0.325 e. The largest absolute Gasteiger partial charge is 0.325 e. The van der Waals surface area contributed by atoms with Crippen LogP contribution in [0, 0.1) is 11.5 Å². The summed E-state index contributed by atoms with van der Waals surface area (Å²) < 4.78 is 1.71. The average molecular weight is 476 g/mol. The SMILES string of the molecule is CCN(O)C(=O)c1ccc2c(ccc(=O)n2CCCCCCN=C(NC#N)Nc2ccncc2)c1. The van der Waals surface area contributed by atoms with Crippen LogP contribution in [-0.2, 0) is 6.54 Å². The van der Waals surface area contributed by atoms with Crippen molar-refractivity contribution in [3.8, 4) is 6.19 Å². The van der Waals surface area contributed by atoms with Crippen LogP contribution in [0.2, 0.25) is 0 Å². The average Bonchev–Trinajstić information content (AvgIpc) is 2.88. The van der Waals surface area contributed by atoms with Crippen molar-refractivity contribution in [2.45, 2.75) is 39.2 Å². The van der Waals surface area contributed by atoms with E-state index >= 15 is 0 Å². The van der Waals surface area contributed by atoms with Gasteiger partial charge in [-0.15, -0.1) is 0 Å². The number of aliphatic imine (C=N–C) groups is 1. The van der Waals surface area contributed by atoms with E-state index in [2.05, 4.69) is 20.6 Å². The smallest absolute Gasteiger partial charge is 0.277 e. The molecule has 1 aromatic carbocycles. The molecule has 0 aliphatic carbocycles. The Balaban J connectivity index is 1.52. The second kappa shape index (κ2) is 12.9. The molecule has 0 atom stereocenters. The lowest BCUT2D eigenvalue weighted by molar-refractivity contribution is -0.0541. The van der Waals surface area contributed by atoms with Crippen molar-refractivity contribution in [2.75, 3.05) is 18.4 Å². The van der Waals surface area contributed by atoms with Gasteiger partial charge in [-0.25, -0.2) is 5.06 Å². The third kappa shape index (κ3) is 7.12. The van der Waals surface area contributed by atoms with Gasteiger partial charge in [0.25, 0.3) is 11.5 Å². The highest BCUT2D eigenvalue weighted by Crippen LogP contribution is 2.17. The highest BCUT2D eigenvalue weighted by atomic mass is 16.5. The molecule has 0 radical (unpaired) electrons. The van der Waals surface area contributed by atoms with E-state index in [-0.39, 0.29) is 12.1 Å². The molecule has 3 rings (SSSR count). The lowest BCUT2D eigenvalue weighted by Gasteiger charge is -2.14. The molecular formula is C25H29N7O3. The summed E-state index contributed by atoms with van der Waals surface area (Å²) >= 11 is 0. The molecule has 2 aromatic heterocycles. The van der Waals surface area contributed by atoms with E-state index in [0.717, 1.165) is 42.3 Å². The summed E-state index contributed by atoms with van der Waals surface area (Å²) in [4.78, 5) is 33.0. The number of nitrogens with one attached hydrogen (secondary N) is 2. The van der Waals surface area contributed by atoms with Crippen molar-refractivity contribution in [1.82, 2.24) is 19.9 Å². The Hall–Kier alpha value is -4.23. The summed E-state index contributed by atoms with van der Waals surface area (Å²) in [6.07, 6.45) is 8.71. The van der Waals surface area contributed by atoms with Crippen LogP contribution in [0.3, 0.4) is 0 Å². The van der Waals surface area contributed by atoms with Crippen molar-refractivity contribution < 1.29 is 10.0 Å². The van der Waals surface area contributed by atoms with Gasteiger partial charge in [0, 0.05) is 49.3 Å². The number of fused-ring (bicyclic) bond motifs is 1. The molecule has 10 nitrogen and oxygen atoms in total. The number of unbranched alkanes of at least 4 members (excludes halogenated alkanes) is 3. The van der Waals surface area contributed by atoms with E-state index < -0.39 is 5.91 Å². The van der Waals surface area contributed by atoms with E-state index in [1.165, 1.54) is 6.07 Å². The fourth-order valence-electron chi connectivity index (χ4n) is 3.62. The number of rotatable bonds is 10. The zero-order chi connectivity index (χ0) is 25.0. The molecule has 0 aliphatic rings. The Morgan fingerprint density at radius 3 is 2.66 bits per heavy atom. The van der Waals surface area contributed by atoms with Crippen LogP contribution in [-0.4, -0.2) is 44.8 Å². The quantitative estimate of drug-likeness (QED) is 0.0778. The molecule has 0 bridgehead atoms. The lowest BCUT2D eigenvalue weighted by atomic mass is 10.1. The van der Waals surface area contributed by atoms with E-state index in [4.69, 9.17) is 5.26 Å². The molecular weight excluding hydrogens is 446 g/mol. The Morgan fingerprint density at radius 1 is 1.14 bits per heavy atom. The van der Waals surface area contributed by atoms with E-state index in [1.54, 1.807) is 60.3 Å². The highest BCUT2D eigenvalue weighted by molar-refractivity contribution is 5.97. The first-order chi connectivity index (χ1) is 17.0. The minimum atomic E-state index is -0.473. The molecule has 0 fully saturated rings. The van der Waals surface area contributed by atoms with Crippen LogP contribution in [0.25, 0.3) is 10.9 Å². The van der Waals surface area contributed by atoms with Gasteiger partial charge in [-0.3, -0.25) is 30.1 Å². The standard InChI is InChI=1S/C25H29N7O3/c1-2-32(35)24(34)20-7-9-22-19(17-20)8-10-23(33)31(22)16-6-4-3-5-13-28-25(29-18-26)30-21-11-14-27-15-12-21/h7-12,14-15,17,35H,2-6,13,16H2,1H3,(H2,27,28,29,30). The number of aromatic nitrogens is 2. The summed E-state index contributed by atoms with van der Waals surface area (Å²) in [5.41, 5.74) is 1.83. The van der Waals surface area contributed by atoms with Crippen molar-refractivity contribution in [3.05, 3.63) is 70.8 Å². The van der Waals surface area contributed by atoms with Crippen LogP contribution in [0.5, 0.6) is 0 Å². The second-order valence-corrected chi connectivity index (χ2v) is 7.86. The predicted molar refractivity (Wildman–Crippen MR) is 134 cm³/mol. The normalized spacial score (nSPS) is 11.2. The Bertz CT molecular complexity index is 1270. The number of benzene rings is 1. The molecule has 10 heteroatoms. The fourth-order valence-corrected chi connectivity index (χ4v) is 3.62. The van der Waals surface area contributed by atoms with Gasteiger partial charge in [0.15, 0.2) is 6.19 Å². The third-order valence-corrected chi connectivity index (χ3v) is 5.45. The highest BCUT2D eigenvalue weighted by Gasteiger charge is 2.13. The van der Waals surface area contributed by atoms with Gasteiger partial charge in [-0.1, -0.05) is 12.8 Å². The van der Waals surface area contributed by atoms with Crippen molar-refractivity contribution >= 4 is 28.5 Å². The summed E-state index contributed by atoms with van der Waals surface area (Å²) in [6.45, 7) is 3.01. The maximum atomic E-state index is 12.4.